The smallest absolute Gasteiger partial charge is 0.260 e. The highest BCUT2D eigenvalue weighted by atomic mass is 32.2. The molecule has 14 heteroatoms. The fourth-order valence-electron chi connectivity index (χ4n) is 17.3. The normalized spacial score (nSPS) is 14.0. The average molecular weight is 1240 g/mol. The van der Waals surface area contributed by atoms with Gasteiger partial charge in [0.05, 0.1) is 67.2 Å². The molecule has 0 radical (unpaired) electrons. The maximum Gasteiger partial charge on any atom is 0.260 e. The SMILES string of the molecule is CSN1c2cc3c(cc2B2c4cc5c(cc4N(SC)c4cc(-n6c7ccccc7c7ccccc76)cc1c42)Oc1cc(-n2c4ccccc4c4ccccc42)cc2c1B5c1ccccc1O2)B1c2ccccc2Oc2cc(-n4c5ccccc5c5ccccc54)cc(c21)N3. The van der Waals surface area contributed by atoms with Gasteiger partial charge in [0.25, 0.3) is 20.1 Å². The van der Waals surface area contributed by atoms with E-state index in [1.165, 1.54) is 54.2 Å². The Morgan fingerprint density at radius 2 is 0.638 bits per heavy atom. The Hall–Kier alpha value is -11.0. The quantitative estimate of drug-likeness (QED) is 0.135. The summed E-state index contributed by atoms with van der Waals surface area (Å²) in [5, 5.41) is 11.4. The van der Waals surface area contributed by atoms with Crippen LogP contribution in [0.2, 0.25) is 0 Å². The van der Waals surface area contributed by atoms with Crippen molar-refractivity contribution in [3.8, 4) is 51.6 Å². The van der Waals surface area contributed by atoms with Gasteiger partial charge in [-0.1, -0.05) is 158 Å². The number of para-hydroxylation sites is 8. The van der Waals surface area contributed by atoms with Crippen LogP contribution in [0.25, 0.3) is 82.5 Å². The molecule has 0 saturated heterocycles. The third-order valence-electron chi connectivity index (χ3n) is 20.9. The summed E-state index contributed by atoms with van der Waals surface area (Å²) in [6.07, 6.45) is 4.44. The second-order valence-electron chi connectivity index (χ2n) is 25.5. The molecule has 9 heterocycles. The molecule has 0 spiro atoms. The number of rotatable bonds is 5. The number of hydrogen-bond acceptors (Lipinski definition) is 8. The lowest BCUT2D eigenvalue weighted by Gasteiger charge is -2.44. The highest BCUT2D eigenvalue weighted by Gasteiger charge is 2.49. The molecule has 0 fully saturated rings. The van der Waals surface area contributed by atoms with Gasteiger partial charge in [-0.05, 0) is 140 Å². The third-order valence-corrected chi connectivity index (χ3v) is 22.5. The van der Waals surface area contributed by atoms with Crippen LogP contribution in [0.4, 0.5) is 34.1 Å². The zero-order valence-corrected chi connectivity index (χ0v) is 52.4. The lowest BCUT2D eigenvalue weighted by Crippen LogP contribution is -2.65. The standard InChI is InChI=1S/C80H49B3N6O3S2/c1-93-88-68-43-60-56(81-54-25-9-17-33-72(54)90-75-38-45(35-61(84-60)78(75)81)85-62-27-11-3-19-48(62)49-20-4-12-28-63(49)85)41-57(68)83-58-42-59-74(44-69(58)89(94-2)71-37-46(36-70(88)79(71)83)86-64-29-13-5-21-50(64)51-22-6-14-30-65(51)86)92-77-40-47(39-76-80(77)82(59)55-26-10-18-34-73(55)91-76)87-66-31-15-7-23-52(66)53-24-8-16-32-67(53)87/h3-44,84H,1-2H3. The maximum atomic E-state index is 7.53. The highest BCUT2D eigenvalue weighted by Crippen LogP contribution is 2.49. The van der Waals surface area contributed by atoms with Gasteiger partial charge in [0.15, 0.2) is 0 Å². The summed E-state index contributed by atoms with van der Waals surface area (Å²) in [5.41, 5.74) is 27.2. The van der Waals surface area contributed by atoms with Crippen LogP contribution < -0.4 is 77.3 Å². The van der Waals surface area contributed by atoms with Gasteiger partial charge in [-0.15, -0.1) is 0 Å². The molecule has 0 bridgehead atoms. The molecule has 0 saturated carbocycles. The summed E-state index contributed by atoms with van der Waals surface area (Å²) in [6, 6.07) is 93.7. The molecule has 438 valence electrons. The van der Waals surface area contributed by atoms with Crippen molar-refractivity contribution in [2.75, 3.05) is 26.4 Å². The molecule has 16 aromatic rings. The number of hydrogen-bond donors (Lipinski definition) is 1. The van der Waals surface area contributed by atoms with Crippen LogP contribution >= 0.6 is 23.9 Å². The first-order valence-electron chi connectivity index (χ1n) is 32.1. The Bertz CT molecular complexity index is 5670. The van der Waals surface area contributed by atoms with Gasteiger partial charge in [0, 0.05) is 91.6 Å². The summed E-state index contributed by atoms with van der Waals surface area (Å²) < 4.78 is 34.0. The number of ether oxygens (including phenoxy) is 3. The van der Waals surface area contributed by atoms with Crippen molar-refractivity contribution in [1.29, 1.82) is 0 Å². The summed E-state index contributed by atoms with van der Waals surface area (Å²) in [7, 11) is 0. The summed E-state index contributed by atoms with van der Waals surface area (Å²) in [6.45, 7) is -0.516. The fraction of sp³-hybridized carbons (Fsp3) is 0.0250. The second-order valence-corrected chi connectivity index (χ2v) is 26.9. The van der Waals surface area contributed by atoms with Crippen molar-refractivity contribution in [2.45, 2.75) is 0 Å². The molecule has 3 aromatic heterocycles. The lowest BCUT2D eigenvalue weighted by atomic mass is 9.29. The molecule has 6 aliphatic rings. The zero-order chi connectivity index (χ0) is 61.3. The van der Waals surface area contributed by atoms with Gasteiger partial charge in [-0.2, -0.15) is 0 Å². The van der Waals surface area contributed by atoms with Crippen molar-refractivity contribution >= 4 is 193 Å². The predicted molar refractivity (Wildman–Crippen MR) is 397 cm³/mol. The fourth-order valence-corrected chi connectivity index (χ4v) is 18.7. The summed E-state index contributed by atoms with van der Waals surface area (Å²) >= 11 is 3.50. The predicted octanol–water partition coefficient (Wildman–Crippen LogP) is 14.4. The minimum Gasteiger partial charge on any atom is -0.458 e. The van der Waals surface area contributed by atoms with Crippen molar-refractivity contribution in [3.05, 3.63) is 255 Å². The van der Waals surface area contributed by atoms with E-state index in [1.54, 1.807) is 23.9 Å². The van der Waals surface area contributed by atoms with Crippen molar-refractivity contribution in [1.82, 2.24) is 13.7 Å². The number of anilines is 6. The number of nitrogens with one attached hydrogen (secondary N) is 1. The van der Waals surface area contributed by atoms with Crippen LogP contribution in [0, 0.1) is 0 Å². The van der Waals surface area contributed by atoms with E-state index in [4.69, 9.17) is 14.2 Å². The monoisotopic (exact) mass is 1240 g/mol. The van der Waals surface area contributed by atoms with Gasteiger partial charge < -0.3 is 33.2 Å². The highest BCUT2D eigenvalue weighted by molar-refractivity contribution is 8.00. The van der Waals surface area contributed by atoms with Crippen molar-refractivity contribution < 1.29 is 14.2 Å². The number of benzene rings is 13. The Morgan fingerprint density at radius 1 is 0.277 bits per heavy atom. The first-order chi connectivity index (χ1) is 46.5. The molecule has 6 aliphatic heterocycles. The van der Waals surface area contributed by atoms with Crippen LogP contribution in [0.5, 0.6) is 34.5 Å². The largest absolute Gasteiger partial charge is 0.458 e. The van der Waals surface area contributed by atoms with Gasteiger partial charge in [0.2, 0.25) is 0 Å². The first kappa shape index (κ1) is 51.6. The molecule has 13 aromatic carbocycles. The Kier molecular flexibility index (Phi) is 10.3. The first-order valence-corrected chi connectivity index (χ1v) is 34.4. The van der Waals surface area contributed by atoms with Gasteiger partial charge in [0.1, 0.15) is 34.5 Å². The van der Waals surface area contributed by atoms with Gasteiger partial charge in [-0.3, -0.25) is 8.61 Å². The maximum absolute atomic E-state index is 7.53. The third kappa shape index (κ3) is 6.75. The van der Waals surface area contributed by atoms with E-state index in [2.05, 4.69) is 295 Å². The lowest BCUT2D eigenvalue weighted by molar-refractivity contribution is 0.464. The summed E-state index contributed by atoms with van der Waals surface area (Å²) in [5.74, 6) is 5.00. The average Bonchev–Trinajstić information content (AvgIpc) is 0.923. The van der Waals surface area contributed by atoms with Gasteiger partial charge >= 0.3 is 0 Å². The number of fused-ring (bicyclic) bond motifs is 21. The van der Waals surface area contributed by atoms with E-state index in [9.17, 15) is 0 Å². The van der Waals surface area contributed by atoms with Crippen LogP contribution in [-0.4, -0.2) is 46.4 Å². The van der Waals surface area contributed by atoms with E-state index >= 15 is 0 Å². The minimum atomic E-state index is -0.202. The molecular weight excluding hydrogens is 1190 g/mol. The molecule has 1 N–H and O–H groups in total. The molecule has 0 unspecified atom stereocenters. The van der Waals surface area contributed by atoms with Crippen molar-refractivity contribution in [3.63, 3.8) is 0 Å². The van der Waals surface area contributed by atoms with E-state index < -0.39 is 0 Å². The number of nitrogens with zero attached hydrogens (tertiary/aromatic N) is 5. The van der Waals surface area contributed by atoms with E-state index in [-0.39, 0.29) is 20.1 Å². The van der Waals surface area contributed by atoms with Crippen LogP contribution in [0.15, 0.2) is 255 Å². The summed E-state index contributed by atoms with van der Waals surface area (Å²) in [4.78, 5) is 0. The molecule has 9 nitrogen and oxygen atoms in total. The molecule has 0 amide bonds. The number of aromatic nitrogens is 3. The molecule has 94 heavy (non-hydrogen) atoms. The Balaban J connectivity index is 0.790. The molecule has 0 aliphatic carbocycles. The molecule has 22 rings (SSSR count). The van der Waals surface area contributed by atoms with E-state index in [0.717, 1.165) is 146 Å². The van der Waals surface area contributed by atoms with E-state index in [1.807, 2.05) is 0 Å². The van der Waals surface area contributed by atoms with Gasteiger partial charge in [-0.25, -0.2) is 0 Å². The van der Waals surface area contributed by atoms with E-state index in [0.29, 0.717) is 0 Å². The molecule has 0 atom stereocenters. The topological polar surface area (TPSA) is 61.0 Å². The Labute approximate surface area is 549 Å². The Morgan fingerprint density at radius 3 is 1.11 bits per heavy atom. The zero-order valence-electron chi connectivity index (χ0n) is 50.8. The second kappa shape index (κ2) is 18.8. The van der Waals surface area contributed by atoms with Crippen molar-refractivity contribution in [2.24, 2.45) is 0 Å². The molecular formula is C80H49B3N6O3S2. The minimum absolute atomic E-state index is 0.131. The van der Waals surface area contributed by atoms with Crippen LogP contribution in [0.3, 0.4) is 0 Å². The van der Waals surface area contributed by atoms with Crippen LogP contribution in [-0.2, 0) is 0 Å². The van der Waals surface area contributed by atoms with Crippen LogP contribution in [0.1, 0.15) is 0 Å².